The minimum atomic E-state index is -0.512. The first-order chi connectivity index (χ1) is 13.4. The summed E-state index contributed by atoms with van der Waals surface area (Å²) in [6.07, 6.45) is 0.0304. The Balaban J connectivity index is 1.78. The second kappa shape index (κ2) is 8.86. The van der Waals surface area contributed by atoms with E-state index in [-0.39, 0.29) is 23.8 Å². The molecular weight excluding hydrogens is 403 g/mol. The number of anilines is 1. The van der Waals surface area contributed by atoms with Crippen LogP contribution in [0.3, 0.4) is 0 Å². The first kappa shape index (κ1) is 19.9. The molecule has 3 rings (SSSR count). The SMILES string of the molecule is O=C(Cc1ccc(F)cc1)Nc1cc(Sc2ccc(Cl)cc2)cc([N+](=O)[O-])c1. The quantitative estimate of drug-likeness (QED) is 0.412. The van der Waals surface area contributed by atoms with Gasteiger partial charge < -0.3 is 5.32 Å². The second-order valence-electron chi connectivity index (χ2n) is 5.88. The van der Waals surface area contributed by atoms with E-state index in [9.17, 15) is 19.3 Å². The van der Waals surface area contributed by atoms with Gasteiger partial charge in [0.15, 0.2) is 0 Å². The molecule has 0 atom stereocenters. The number of benzene rings is 3. The number of carbonyl (C=O) groups excluding carboxylic acids is 1. The van der Waals surface area contributed by atoms with E-state index in [0.717, 1.165) is 4.90 Å². The largest absolute Gasteiger partial charge is 0.326 e. The highest BCUT2D eigenvalue weighted by molar-refractivity contribution is 7.99. The Morgan fingerprint density at radius 2 is 1.71 bits per heavy atom. The highest BCUT2D eigenvalue weighted by Gasteiger charge is 2.13. The molecule has 0 aliphatic heterocycles. The highest BCUT2D eigenvalue weighted by Crippen LogP contribution is 2.33. The van der Waals surface area contributed by atoms with Crippen molar-refractivity contribution in [3.8, 4) is 0 Å². The van der Waals surface area contributed by atoms with Gasteiger partial charge in [-0.15, -0.1) is 0 Å². The number of non-ortho nitro benzene ring substituents is 1. The first-order valence-corrected chi connectivity index (χ1v) is 9.36. The zero-order chi connectivity index (χ0) is 20.1. The third-order valence-electron chi connectivity index (χ3n) is 3.71. The minimum absolute atomic E-state index is 0.0304. The van der Waals surface area contributed by atoms with Gasteiger partial charge in [0.1, 0.15) is 5.82 Å². The average molecular weight is 417 g/mol. The minimum Gasteiger partial charge on any atom is -0.326 e. The van der Waals surface area contributed by atoms with Crippen LogP contribution in [0.25, 0.3) is 0 Å². The van der Waals surface area contributed by atoms with E-state index >= 15 is 0 Å². The predicted octanol–water partition coefficient (Wildman–Crippen LogP) is 5.72. The number of amides is 1. The fourth-order valence-corrected chi connectivity index (χ4v) is 3.49. The predicted molar refractivity (Wildman–Crippen MR) is 107 cm³/mol. The van der Waals surface area contributed by atoms with E-state index in [0.29, 0.717) is 21.2 Å². The molecule has 0 aliphatic carbocycles. The van der Waals surface area contributed by atoms with Crippen LogP contribution in [0, 0.1) is 15.9 Å². The van der Waals surface area contributed by atoms with Gasteiger partial charge in [-0.3, -0.25) is 14.9 Å². The van der Waals surface area contributed by atoms with E-state index in [1.54, 1.807) is 30.3 Å². The summed E-state index contributed by atoms with van der Waals surface area (Å²) in [6, 6.07) is 17.1. The molecule has 1 N–H and O–H groups in total. The van der Waals surface area contributed by atoms with E-state index in [4.69, 9.17) is 11.6 Å². The number of halogens is 2. The van der Waals surface area contributed by atoms with Crippen LogP contribution in [0.15, 0.2) is 76.5 Å². The van der Waals surface area contributed by atoms with Crippen LogP contribution in [0.2, 0.25) is 5.02 Å². The Labute approximate surface area is 169 Å². The molecule has 1 amide bonds. The van der Waals surface area contributed by atoms with Gasteiger partial charge in [0.25, 0.3) is 5.69 Å². The van der Waals surface area contributed by atoms with Crippen LogP contribution in [-0.2, 0) is 11.2 Å². The lowest BCUT2D eigenvalue weighted by Crippen LogP contribution is -2.14. The van der Waals surface area contributed by atoms with Gasteiger partial charge in [-0.05, 0) is 48.0 Å². The Morgan fingerprint density at radius 1 is 1.04 bits per heavy atom. The van der Waals surface area contributed by atoms with Gasteiger partial charge in [-0.25, -0.2) is 4.39 Å². The molecule has 0 heterocycles. The Kier molecular flexibility index (Phi) is 6.28. The maximum absolute atomic E-state index is 13.0. The summed E-state index contributed by atoms with van der Waals surface area (Å²) >= 11 is 7.19. The number of hydrogen-bond acceptors (Lipinski definition) is 4. The first-order valence-electron chi connectivity index (χ1n) is 8.16. The van der Waals surface area contributed by atoms with Gasteiger partial charge >= 0.3 is 0 Å². The Bertz CT molecular complexity index is 1010. The fourth-order valence-electron chi connectivity index (χ4n) is 2.45. The van der Waals surface area contributed by atoms with Crippen molar-refractivity contribution in [1.82, 2.24) is 0 Å². The highest BCUT2D eigenvalue weighted by atomic mass is 35.5. The fraction of sp³-hybridized carbons (Fsp3) is 0.0500. The van der Waals surface area contributed by atoms with Crippen molar-refractivity contribution in [2.24, 2.45) is 0 Å². The van der Waals surface area contributed by atoms with Crippen molar-refractivity contribution in [2.75, 3.05) is 5.32 Å². The Morgan fingerprint density at radius 3 is 2.36 bits per heavy atom. The molecule has 0 bridgehead atoms. The molecule has 0 aromatic heterocycles. The lowest BCUT2D eigenvalue weighted by atomic mass is 10.1. The second-order valence-corrected chi connectivity index (χ2v) is 7.46. The molecule has 3 aromatic rings. The third kappa shape index (κ3) is 5.55. The summed E-state index contributed by atoms with van der Waals surface area (Å²) in [4.78, 5) is 24.4. The van der Waals surface area contributed by atoms with Crippen molar-refractivity contribution in [3.63, 3.8) is 0 Å². The summed E-state index contributed by atoms with van der Waals surface area (Å²) in [7, 11) is 0. The number of nitrogens with zero attached hydrogens (tertiary/aromatic N) is 1. The van der Waals surface area contributed by atoms with Gasteiger partial charge in [-0.1, -0.05) is 35.5 Å². The molecule has 0 saturated carbocycles. The maximum atomic E-state index is 13.0. The molecule has 0 spiro atoms. The maximum Gasteiger partial charge on any atom is 0.272 e. The van der Waals surface area contributed by atoms with E-state index < -0.39 is 4.92 Å². The number of nitro benzene ring substituents is 1. The molecule has 28 heavy (non-hydrogen) atoms. The molecule has 8 heteroatoms. The smallest absolute Gasteiger partial charge is 0.272 e. The molecule has 0 unspecified atom stereocenters. The summed E-state index contributed by atoms with van der Waals surface area (Å²) in [5.74, 6) is -0.735. The summed E-state index contributed by atoms with van der Waals surface area (Å²) in [6.45, 7) is 0. The molecule has 5 nitrogen and oxygen atoms in total. The standard InChI is InChI=1S/C20H14ClFN2O3S/c21-14-3-7-18(8-4-14)28-19-11-16(10-17(12-19)24(26)27)23-20(25)9-13-1-5-15(22)6-2-13/h1-8,10-12H,9H2,(H,23,25). The van der Waals surface area contributed by atoms with Crippen molar-refractivity contribution in [3.05, 3.63) is 93.2 Å². The molecule has 0 saturated heterocycles. The van der Waals surface area contributed by atoms with Crippen molar-refractivity contribution in [1.29, 1.82) is 0 Å². The van der Waals surface area contributed by atoms with Crippen LogP contribution in [0.4, 0.5) is 15.8 Å². The zero-order valence-electron chi connectivity index (χ0n) is 14.4. The third-order valence-corrected chi connectivity index (χ3v) is 4.94. The lowest BCUT2D eigenvalue weighted by Gasteiger charge is -2.08. The van der Waals surface area contributed by atoms with E-state index in [1.165, 1.54) is 48.2 Å². The van der Waals surface area contributed by atoms with Crippen LogP contribution in [0.5, 0.6) is 0 Å². The van der Waals surface area contributed by atoms with Crippen LogP contribution in [-0.4, -0.2) is 10.8 Å². The topological polar surface area (TPSA) is 72.2 Å². The molecule has 0 radical (unpaired) electrons. The summed E-state index contributed by atoms with van der Waals surface area (Å²) in [5.41, 5.74) is 0.828. The average Bonchev–Trinajstić information content (AvgIpc) is 2.65. The van der Waals surface area contributed by atoms with Gasteiger partial charge in [0, 0.05) is 32.6 Å². The normalized spacial score (nSPS) is 10.5. The van der Waals surface area contributed by atoms with Gasteiger partial charge in [0.2, 0.25) is 5.91 Å². The molecular formula is C20H14ClFN2O3S. The van der Waals surface area contributed by atoms with Crippen LogP contribution in [0.1, 0.15) is 5.56 Å². The molecule has 3 aromatic carbocycles. The number of hydrogen-bond donors (Lipinski definition) is 1. The number of nitrogens with one attached hydrogen (secondary N) is 1. The number of rotatable bonds is 6. The van der Waals surface area contributed by atoms with E-state index in [1.807, 2.05) is 0 Å². The van der Waals surface area contributed by atoms with Gasteiger partial charge in [-0.2, -0.15) is 0 Å². The van der Waals surface area contributed by atoms with Crippen LogP contribution < -0.4 is 5.32 Å². The van der Waals surface area contributed by atoms with E-state index in [2.05, 4.69) is 5.32 Å². The lowest BCUT2D eigenvalue weighted by molar-refractivity contribution is -0.385. The Hall–Kier alpha value is -2.90. The van der Waals surface area contributed by atoms with Crippen molar-refractivity contribution < 1.29 is 14.1 Å². The molecule has 0 aliphatic rings. The number of nitro groups is 1. The van der Waals surface area contributed by atoms with Crippen LogP contribution >= 0.6 is 23.4 Å². The summed E-state index contributed by atoms with van der Waals surface area (Å²) in [5, 5.41) is 14.5. The molecule has 142 valence electrons. The number of carbonyl (C=O) groups is 1. The monoisotopic (exact) mass is 416 g/mol. The van der Waals surface area contributed by atoms with Crippen molar-refractivity contribution in [2.45, 2.75) is 16.2 Å². The van der Waals surface area contributed by atoms with Crippen molar-refractivity contribution >= 4 is 40.6 Å². The summed E-state index contributed by atoms with van der Waals surface area (Å²) < 4.78 is 13.0. The van der Waals surface area contributed by atoms with Gasteiger partial charge in [0.05, 0.1) is 11.3 Å². The molecule has 0 fully saturated rings. The zero-order valence-corrected chi connectivity index (χ0v) is 16.0.